The van der Waals surface area contributed by atoms with Crippen LogP contribution in [0.2, 0.25) is 0 Å². The Kier molecular flexibility index (Phi) is 6.05. The van der Waals surface area contributed by atoms with E-state index in [4.69, 9.17) is 0 Å². The Hall–Kier alpha value is -3.96. The van der Waals surface area contributed by atoms with Crippen molar-refractivity contribution in [1.82, 2.24) is 24.8 Å². The lowest BCUT2D eigenvalue weighted by Crippen LogP contribution is -2.54. The van der Waals surface area contributed by atoms with Crippen molar-refractivity contribution in [3.05, 3.63) is 78.9 Å². The van der Waals surface area contributed by atoms with Crippen LogP contribution in [0.5, 0.6) is 0 Å². The Labute approximate surface area is 241 Å². The third kappa shape index (κ3) is 3.78. The summed E-state index contributed by atoms with van der Waals surface area (Å²) in [6.07, 6.45) is 7.95. The van der Waals surface area contributed by atoms with Crippen LogP contribution in [0.1, 0.15) is 6.92 Å². The molecule has 0 saturated carbocycles. The molecule has 10 nitrogen and oxygen atoms in total. The molecule has 1 N–H and O–H groups in total. The van der Waals surface area contributed by atoms with Gasteiger partial charge < -0.3 is 19.8 Å². The summed E-state index contributed by atoms with van der Waals surface area (Å²) in [5, 5.41) is 18.4. The lowest BCUT2D eigenvalue weighted by Gasteiger charge is -2.36. The zero-order valence-electron chi connectivity index (χ0n) is 22.5. The van der Waals surface area contributed by atoms with E-state index < -0.39 is 27.4 Å². The number of hydrogen-bond donors (Lipinski definition) is 1. The molecule has 3 aromatic rings. The molecule has 2 aromatic carbocycles. The Bertz CT molecular complexity index is 1610. The number of anilines is 1. The van der Waals surface area contributed by atoms with Crippen molar-refractivity contribution < 1.29 is 19.5 Å². The van der Waals surface area contributed by atoms with Crippen LogP contribution in [0.15, 0.2) is 78.9 Å². The van der Waals surface area contributed by atoms with Gasteiger partial charge in [0.05, 0.1) is 28.7 Å². The number of hydrogen-bond acceptors (Lipinski definition) is 7. The van der Waals surface area contributed by atoms with Gasteiger partial charge >= 0.3 is 0 Å². The van der Waals surface area contributed by atoms with Gasteiger partial charge in [0.25, 0.3) is 0 Å². The standard InChI is InChI=1S/C30H30N6O4S/c1-29-13-7-16-34(20-9-3-2-4-10-20)26(38)23(29)24-27(39)35(17-18-37)25-28(40)33(15-8-14-30(24,25)41-29)19-36-22-12-6-5-11-21(22)31-32-36/h2-14,23-25,37H,15-19H2,1H3/t23-,24-,25?,29+,30-/m0/s1. The van der Waals surface area contributed by atoms with Gasteiger partial charge in [0.15, 0.2) is 0 Å². The number of β-amino-alcohol motifs (C(OH)–C–C–N with tert-alkyl or cyclic N) is 1. The van der Waals surface area contributed by atoms with Crippen molar-refractivity contribution in [2.75, 3.05) is 31.1 Å². The predicted octanol–water partition coefficient (Wildman–Crippen LogP) is 2.07. The van der Waals surface area contributed by atoms with Gasteiger partial charge in [-0.15, -0.1) is 16.9 Å². The summed E-state index contributed by atoms with van der Waals surface area (Å²) in [4.78, 5) is 47.9. The van der Waals surface area contributed by atoms with Crippen molar-refractivity contribution >= 4 is 46.2 Å². The van der Waals surface area contributed by atoms with Crippen LogP contribution in [-0.4, -0.2) is 89.4 Å². The van der Waals surface area contributed by atoms with Crippen LogP contribution in [0.4, 0.5) is 5.69 Å². The van der Waals surface area contributed by atoms with Crippen LogP contribution in [0.25, 0.3) is 11.0 Å². The minimum Gasteiger partial charge on any atom is -0.395 e. The third-order valence-electron chi connectivity index (χ3n) is 8.77. The molecule has 0 bridgehead atoms. The number of aliphatic hydroxyl groups is 1. The van der Waals surface area contributed by atoms with Gasteiger partial charge in [-0.3, -0.25) is 14.4 Å². The first-order valence-electron chi connectivity index (χ1n) is 13.8. The summed E-state index contributed by atoms with van der Waals surface area (Å²) in [7, 11) is 0. The second kappa shape index (κ2) is 9.56. The maximum atomic E-state index is 14.4. The summed E-state index contributed by atoms with van der Waals surface area (Å²) in [5.74, 6) is -2.08. The maximum absolute atomic E-state index is 14.4. The van der Waals surface area contributed by atoms with E-state index in [0.717, 1.165) is 16.7 Å². The Morgan fingerprint density at radius 3 is 2.49 bits per heavy atom. The number of para-hydroxylation sites is 2. The minimum absolute atomic E-state index is 0.0118. The van der Waals surface area contributed by atoms with Gasteiger partial charge in [0.1, 0.15) is 18.2 Å². The van der Waals surface area contributed by atoms with Crippen molar-refractivity contribution in [3.63, 3.8) is 0 Å². The van der Waals surface area contributed by atoms with Crippen molar-refractivity contribution in [3.8, 4) is 0 Å². The van der Waals surface area contributed by atoms with E-state index >= 15 is 0 Å². The highest BCUT2D eigenvalue weighted by Gasteiger charge is 2.73. The molecule has 210 valence electrons. The average Bonchev–Trinajstić information content (AvgIpc) is 3.50. The fraction of sp³-hybridized carbons (Fsp3) is 0.367. The van der Waals surface area contributed by atoms with Crippen LogP contribution in [0, 0.1) is 11.8 Å². The number of aliphatic hydroxyl groups excluding tert-OH is 1. The summed E-state index contributed by atoms with van der Waals surface area (Å²) in [5.41, 5.74) is 2.30. The monoisotopic (exact) mass is 570 g/mol. The van der Waals surface area contributed by atoms with Gasteiger partial charge in [-0.05, 0) is 31.2 Å². The van der Waals surface area contributed by atoms with Crippen LogP contribution in [0.3, 0.4) is 0 Å². The van der Waals surface area contributed by atoms with E-state index in [-0.39, 0.29) is 37.5 Å². The molecule has 2 fully saturated rings. The normalized spacial score (nSPS) is 30.9. The molecule has 4 aliphatic heterocycles. The van der Waals surface area contributed by atoms with Crippen LogP contribution < -0.4 is 4.90 Å². The topological polar surface area (TPSA) is 112 Å². The zero-order valence-corrected chi connectivity index (χ0v) is 23.4. The highest BCUT2D eigenvalue weighted by atomic mass is 32.2. The number of likely N-dealkylation sites (tertiary alicyclic amines) is 1. The predicted molar refractivity (Wildman–Crippen MR) is 155 cm³/mol. The summed E-state index contributed by atoms with van der Waals surface area (Å²) in [6, 6.07) is 16.1. The molecule has 1 aromatic heterocycles. The number of aromatic nitrogens is 3. The maximum Gasteiger partial charge on any atom is 0.248 e. The number of nitrogens with zero attached hydrogens (tertiary/aromatic N) is 6. The highest BCUT2D eigenvalue weighted by Crippen LogP contribution is 2.65. The molecule has 1 spiro atoms. The molecule has 3 amide bonds. The van der Waals surface area contributed by atoms with Crippen molar-refractivity contribution in [2.24, 2.45) is 11.8 Å². The lowest BCUT2D eigenvalue weighted by atomic mass is 9.74. The molecule has 4 aliphatic rings. The Morgan fingerprint density at radius 1 is 0.927 bits per heavy atom. The van der Waals surface area contributed by atoms with Gasteiger partial charge in [0.2, 0.25) is 17.7 Å². The Balaban J connectivity index is 1.29. The van der Waals surface area contributed by atoms with Gasteiger partial charge in [-0.2, -0.15) is 0 Å². The smallest absolute Gasteiger partial charge is 0.248 e. The fourth-order valence-electron chi connectivity index (χ4n) is 7.07. The number of rotatable bonds is 5. The molecule has 0 radical (unpaired) electrons. The van der Waals surface area contributed by atoms with E-state index in [1.165, 1.54) is 16.7 Å². The molecular weight excluding hydrogens is 540 g/mol. The molecule has 11 heteroatoms. The molecule has 0 aliphatic carbocycles. The minimum atomic E-state index is -0.971. The molecule has 41 heavy (non-hydrogen) atoms. The van der Waals surface area contributed by atoms with E-state index in [2.05, 4.69) is 10.3 Å². The molecule has 2 saturated heterocycles. The SMILES string of the molecule is C[C@@]12C=CCN(c3ccccc3)C(=O)[C@@H]1[C@H]1C(=O)N(CCO)C3C(=O)N(Cn4nnc5ccccc54)CC=C[C@@]31S2. The number of carbonyl (C=O) groups is 3. The first-order valence-corrected chi connectivity index (χ1v) is 14.6. The number of thioether (sulfide) groups is 1. The third-order valence-corrected chi connectivity index (χ3v) is 10.6. The van der Waals surface area contributed by atoms with Gasteiger partial charge in [-0.25, -0.2) is 4.68 Å². The lowest BCUT2D eigenvalue weighted by molar-refractivity contribution is -0.144. The Morgan fingerprint density at radius 2 is 1.68 bits per heavy atom. The average molecular weight is 571 g/mol. The molecule has 5 heterocycles. The largest absolute Gasteiger partial charge is 0.395 e. The number of carbonyl (C=O) groups excluding carboxylic acids is 3. The first kappa shape index (κ1) is 26.0. The molecule has 5 atom stereocenters. The highest BCUT2D eigenvalue weighted by molar-refractivity contribution is 8.02. The second-order valence-corrected chi connectivity index (χ2v) is 12.9. The van der Waals surface area contributed by atoms with Gasteiger partial charge in [0, 0.05) is 30.1 Å². The number of fused-ring (bicyclic) bond motifs is 3. The zero-order chi connectivity index (χ0) is 28.4. The quantitative estimate of drug-likeness (QED) is 0.468. The van der Waals surface area contributed by atoms with Crippen molar-refractivity contribution in [1.29, 1.82) is 0 Å². The molecular formula is C30H30N6O4S. The molecule has 7 rings (SSSR count). The first-order chi connectivity index (χ1) is 19.9. The second-order valence-electron chi connectivity index (χ2n) is 11.1. The van der Waals surface area contributed by atoms with Gasteiger partial charge in [-0.1, -0.05) is 59.8 Å². The number of amides is 3. The summed E-state index contributed by atoms with van der Waals surface area (Å²) >= 11 is 1.53. The van der Waals surface area contributed by atoms with E-state index in [1.807, 2.05) is 85.8 Å². The van der Waals surface area contributed by atoms with E-state index in [9.17, 15) is 19.5 Å². The fourth-order valence-corrected chi connectivity index (χ4v) is 9.22. The molecule has 1 unspecified atom stereocenters. The van der Waals surface area contributed by atoms with E-state index in [0.29, 0.717) is 13.1 Å². The summed E-state index contributed by atoms with van der Waals surface area (Å²) in [6.45, 7) is 2.61. The van der Waals surface area contributed by atoms with Crippen molar-refractivity contribution in [2.45, 2.75) is 29.1 Å². The van der Waals surface area contributed by atoms with Crippen LogP contribution >= 0.6 is 11.8 Å². The van der Waals surface area contributed by atoms with E-state index in [1.54, 1.807) is 14.5 Å². The van der Waals surface area contributed by atoms with Crippen LogP contribution in [-0.2, 0) is 21.1 Å². The summed E-state index contributed by atoms with van der Waals surface area (Å²) < 4.78 is 0.00871. The number of benzene rings is 2.